The Kier molecular flexibility index (Phi) is 8.08. The summed E-state index contributed by atoms with van der Waals surface area (Å²) < 4.78 is 14.7. The predicted octanol–water partition coefficient (Wildman–Crippen LogP) is 3.60. The molecule has 6 heteroatoms. The number of piperidine rings is 1. The van der Waals surface area contributed by atoms with Crippen molar-refractivity contribution in [3.05, 3.63) is 65.0 Å². The quantitative estimate of drug-likeness (QED) is 0.480. The lowest BCUT2D eigenvalue weighted by Crippen LogP contribution is -2.37. The van der Waals surface area contributed by atoms with Crippen LogP contribution < -0.4 is 15.5 Å². The minimum Gasteiger partial charge on any atom is -0.393 e. The van der Waals surface area contributed by atoms with Crippen LogP contribution in [0.3, 0.4) is 0 Å². The second-order valence-electron chi connectivity index (χ2n) is 7.67. The van der Waals surface area contributed by atoms with E-state index in [4.69, 9.17) is 0 Å². The third kappa shape index (κ3) is 5.95. The van der Waals surface area contributed by atoms with Crippen molar-refractivity contribution in [3.63, 3.8) is 0 Å². The highest BCUT2D eigenvalue weighted by Gasteiger charge is 2.19. The van der Waals surface area contributed by atoms with E-state index >= 15 is 0 Å². The molecular formula is C24H33FN4O. The summed E-state index contributed by atoms with van der Waals surface area (Å²) >= 11 is 0. The first kappa shape index (κ1) is 22.1. The maximum absolute atomic E-state index is 14.7. The predicted molar refractivity (Wildman–Crippen MR) is 121 cm³/mol. The standard InChI is InChI=1S/C24H33FN4O/c1-3-19-7-5-6-8-20(19)17-28-24(26-4-2)27-16-18-9-10-23(22(25)15-18)29-13-11-21(30)12-14-29/h5-10,15,21,30H,3-4,11-14,16-17H2,1-2H3,(H2,26,27,28). The van der Waals surface area contributed by atoms with Crippen LogP contribution in [0.15, 0.2) is 47.5 Å². The molecule has 1 fully saturated rings. The zero-order chi connectivity index (χ0) is 21.3. The zero-order valence-electron chi connectivity index (χ0n) is 18.0. The van der Waals surface area contributed by atoms with Crippen LogP contribution in [-0.2, 0) is 19.5 Å². The van der Waals surface area contributed by atoms with Crippen LogP contribution in [0.5, 0.6) is 0 Å². The van der Waals surface area contributed by atoms with Crippen LogP contribution in [-0.4, -0.2) is 36.8 Å². The van der Waals surface area contributed by atoms with E-state index in [1.165, 1.54) is 11.1 Å². The van der Waals surface area contributed by atoms with Gasteiger partial charge in [0.25, 0.3) is 0 Å². The Balaban J connectivity index is 1.63. The van der Waals surface area contributed by atoms with Crippen LogP contribution in [0, 0.1) is 5.82 Å². The number of nitrogens with one attached hydrogen (secondary N) is 2. The molecule has 0 atom stereocenters. The average Bonchev–Trinajstić information content (AvgIpc) is 2.76. The highest BCUT2D eigenvalue weighted by Crippen LogP contribution is 2.24. The first-order chi connectivity index (χ1) is 14.6. The fraction of sp³-hybridized carbons (Fsp3) is 0.458. The third-order valence-electron chi connectivity index (χ3n) is 5.53. The van der Waals surface area contributed by atoms with Gasteiger partial charge in [-0.3, -0.25) is 0 Å². The fourth-order valence-electron chi connectivity index (χ4n) is 3.78. The number of aliphatic imine (C=N–C) groups is 1. The lowest BCUT2D eigenvalue weighted by Gasteiger charge is -2.31. The Bertz CT molecular complexity index is 847. The summed E-state index contributed by atoms with van der Waals surface area (Å²) in [6.07, 6.45) is 2.10. The maximum Gasteiger partial charge on any atom is 0.191 e. The van der Waals surface area contributed by atoms with Crippen molar-refractivity contribution in [1.29, 1.82) is 0 Å². The number of nitrogens with zero attached hydrogens (tertiary/aromatic N) is 2. The summed E-state index contributed by atoms with van der Waals surface area (Å²) in [4.78, 5) is 6.63. The zero-order valence-corrected chi connectivity index (χ0v) is 18.0. The fourth-order valence-corrected chi connectivity index (χ4v) is 3.78. The van der Waals surface area contributed by atoms with E-state index in [1.54, 1.807) is 6.07 Å². The summed E-state index contributed by atoms with van der Waals surface area (Å²) in [6.45, 7) is 7.41. The molecule has 0 saturated carbocycles. The summed E-state index contributed by atoms with van der Waals surface area (Å²) in [5.41, 5.74) is 4.02. The Hall–Kier alpha value is -2.60. The molecule has 1 saturated heterocycles. The van der Waals surface area contributed by atoms with Crippen molar-refractivity contribution in [2.75, 3.05) is 24.5 Å². The topological polar surface area (TPSA) is 59.9 Å². The number of benzene rings is 2. The molecular weight excluding hydrogens is 379 g/mol. The van der Waals surface area contributed by atoms with Gasteiger partial charge in [-0.15, -0.1) is 0 Å². The number of halogens is 1. The molecule has 1 heterocycles. The van der Waals surface area contributed by atoms with E-state index in [-0.39, 0.29) is 11.9 Å². The van der Waals surface area contributed by atoms with Crippen LogP contribution in [0.1, 0.15) is 43.4 Å². The van der Waals surface area contributed by atoms with E-state index in [0.29, 0.717) is 44.7 Å². The minimum atomic E-state index is -0.265. The van der Waals surface area contributed by atoms with Gasteiger partial charge < -0.3 is 20.6 Å². The van der Waals surface area contributed by atoms with Gasteiger partial charge in [0.05, 0.1) is 18.3 Å². The Morgan fingerprint density at radius 2 is 1.83 bits per heavy atom. The Morgan fingerprint density at radius 1 is 1.10 bits per heavy atom. The molecule has 1 aliphatic heterocycles. The summed E-state index contributed by atoms with van der Waals surface area (Å²) in [5, 5.41) is 16.3. The van der Waals surface area contributed by atoms with Crippen molar-refractivity contribution < 1.29 is 9.50 Å². The van der Waals surface area contributed by atoms with E-state index in [2.05, 4.69) is 40.7 Å². The third-order valence-corrected chi connectivity index (χ3v) is 5.53. The van der Waals surface area contributed by atoms with Gasteiger partial charge in [0.1, 0.15) is 5.82 Å². The molecule has 3 rings (SSSR count). The molecule has 2 aromatic carbocycles. The second kappa shape index (κ2) is 11.0. The molecule has 162 valence electrons. The summed E-state index contributed by atoms with van der Waals surface area (Å²) in [6, 6.07) is 13.7. The van der Waals surface area contributed by atoms with Gasteiger partial charge in [0.15, 0.2) is 5.96 Å². The van der Waals surface area contributed by atoms with E-state index in [9.17, 15) is 9.50 Å². The maximum atomic E-state index is 14.7. The highest BCUT2D eigenvalue weighted by atomic mass is 19.1. The van der Waals surface area contributed by atoms with Crippen LogP contribution in [0.25, 0.3) is 0 Å². The number of aliphatic hydroxyl groups is 1. The van der Waals surface area contributed by atoms with Crippen molar-refractivity contribution >= 4 is 11.6 Å². The van der Waals surface area contributed by atoms with Gasteiger partial charge in [-0.2, -0.15) is 0 Å². The smallest absolute Gasteiger partial charge is 0.191 e. The molecule has 2 aromatic rings. The normalized spacial score (nSPS) is 15.3. The van der Waals surface area contributed by atoms with Gasteiger partial charge in [-0.25, -0.2) is 9.38 Å². The Morgan fingerprint density at radius 3 is 2.50 bits per heavy atom. The van der Waals surface area contributed by atoms with Gasteiger partial charge in [0.2, 0.25) is 0 Å². The molecule has 30 heavy (non-hydrogen) atoms. The lowest BCUT2D eigenvalue weighted by molar-refractivity contribution is 0.145. The number of hydrogen-bond donors (Lipinski definition) is 3. The van der Waals surface area contributed by atoms with E-state index in [0.717, 1.165) is 24.5 Å². The van der Waals surface area contributed by atoms with Crippen molar-refractivity contribution in [3.8, 4) is 0 Å². The molecule has 3 N–H and O–H groups in total. The highest BCUT2D eigenvalue weighted by molar-refractivity contribution is 5.79. The van der Waals surface area contributed by atoms with E-state index < -0.39 is 0 Å². The van der Waals surface area contributed by atoms with Gasteiger partial charge in [-0.05, 0) is 55.0 Å². The van der Waals surface area contributed by atoms with Crippen LogP contribution in [0.4, 0.5) is 10.1 Å². The molecule has 1 aliphatic rings. The lowest BCUT2D eigenvalue weighted by atomic mass is 10.1. The van der Waals surface area contributed by atoms with E-state index in [1.807, 2.05) is 30.0 Å². The largest absolute Gasteiger partial charge is 0.393 e. The average molecular weight is 413 g/mol. The minimum absolute atomic E-state index is 0.228. The molecule has 0 radical (unpaired) electrons. The number of hydrogen-bond acceptors (Lipinski definition) is 3. The second-order valence-corrected chi connectivity index (χ2v) is 7.67. The van der Waals surface area contributed by atoms with Gasteiger partial charge >= 0.3 is 0 Å². The van der Waals surface area contributed by atoms with Gasteiger partial charge in [0, 0.05) is 26.2 Å². The summed E-state index contributed by atoms with van der Waals surface area (Å²) in [7, 11) is 0. The van der Waals surface area contributed by atoms with Crippen molar-refractivity contribution in [2.45, 2.75) is 52.3 Å². The molecule has 0 unspecified atom stereocenters. The Labute approximate surface area is 179 Å². The number of guanidine groups is 1. The molecule has 5 nitrogen and oxygen atoms in total. The van der Waals surface area contributed by atoms with Crippen molar-refractivity contribution in [1.82, 2.24) is 10.6 Å². The molecule has 0 amide bonds. The number of aryl methyl sites for hydroxylation is 1. The number of anilines is 1. The first-order valence-electron chi connectivity index (χ1n) is 10.9. The first-order valence-corrected chi connectivity index (χ1v) is 10.9. The van der Waals surface area contributed by atoms with Crippen LogP contribution in [0.2, 0.25) is 0 Å². The summed E-state index contributed by atoms with van der Waals surface area (Å²) in [5.74, 6) is 0.492. The number of rotatable bonds is 7. The van der Waals surface area contributed by atoms with Crippen molar-refractivity contribution in [2.24, 2.45) is 4.99 Å². The molecule has 0 aliphatic carbocycles. The monoisotopic (exact) mass is 412 g/mol. The van der Waals surface area contributed by atoms with Crippen LogP contribution >= 0.6 is 0 Å². The molecule has 0 spiro atoms. The molecule has 0 bridgehead atoms. The SMILES string of the molecule is CCNC(=NCc1ccc(N2CCC(O)CC2)c(F)c1)NCc1ccccc1CC. The van der Waals surface area contributed by atoms with Gasteiger partial charge in [-0.1, -0.05) is 37.3 Å². The number of aliphatic hydroxyl groups excluding tert-OH is 1. The molecule has 0 aromatic heterocycles.